The van der Waals surface area contributed by atoms with Crippen molar-refractivity contribution < 1.29 is 18.1 Å². The van der Waals surface area contributed by atoms with Crippen LogP contribution in [0.4, 0.5) is 26.5 Å². The quantitative estimate of drug-likeness (QED) is 0.623. The molecule has 4 aliphatic rings. The number of nitrogens with one attached hydrogen (secondary N) is 1. The molecular weight excluding hydrogens is 488 g/mol. The summed E-state index contributed by atoms with van der Waals surface area (Å²) in [6.07, 6.45) is 4.83. The number of nitrogens with zero attached hydrogens (tertiary/aromatic N) is 6. The number of hydrogen-bond donors (Lipinski definition) is 2. The van der Waals surface area contributed by atoms with Crippen molar-refractivity contribution in [2.75, 3.05) is 47.9 Å². The van der Waals surface area contributed by atoms with Gasteiger partial charge >= 0.3 is 5.25 Å². The van der Waals surface area contributed by atoms with Gasteiger partial charge in [-0.2, -0.15) is 13.8 Å². The van der Waals surface area contributed by atoms with Crippen LogP contribution in [0, 0.1) is 11.8 Å². The van der Waals surface area contributed by atoms with Crippen LogP contribution in [-0.2, 0) is 17.2 Å². The van der Waals surface area contributed by atoms with Crippen molar-refractivity contribution in [2.24, 2.45) is 11.8 Å². The van der Waals surface area contributed by atoms with Crippen molar-refractivity contribution in [1.29, 1.82) is 0 Å². The zero-order valence-electron chi connectivity index (χ0n) is 18.3. The minimum absolute atomic E-state index is 0.0288. The summed E-state index contributed by atoms with van der Waals surface area (Å²) in [5.74, 6) is 1.84. The maximum absolute atomic E-state index is 14.4. The second-order valence-corrected chi connectivity index (χ2v) is 11.7. The molecule has 182 valence electrons. The maximum atomic E-state index is 14.4. The summed E-state index contributed by atoms with van der Waals surface area (Å²) in [5, 5.41) is 10.2. The van der Waals surface area contributed by atoms with Crippen molar-refractivity contribution in [3.05, 3.63) is 23.1 Å². The highest BCUT2D eigenvalue weighted by Gasteiger charge is 2.50. The zero-order valence-corrected chi connectivity index (χ0v) is 19.8. The summed E-state index contributed by atoms with van der Waals surface area (Å²) < 4.78 is 41.3. The summed E-state index contributed by atoms with van der Waals surface area (Å²) in [6, 6.07) is 0. The van der Waals surface area contributed by atoms with E-state index in [2.05, 4.69) is 30.2 Å². The van der Waals surface area contributed by atoms with E-state index in [0.717, 1.165) is 19.5 Å². The zero-order chi connectivity index (χ0) is 23.7. The molecule has 2 unspecified atom stereocenters. The predicted octanol–water partition coefficient (Wildman–Crippen LogP) is 2.08. The van der Waals surface area contributed by atoms with Crippen LogP contribution in [0.5, 0.6) is 0 Å². The summed E-state index contributed by atoms with van der Waals surface area (Å²) in [7, 11) is -2.53. The Balaban J connectivity index is 1.25. The molecule has 0 aromatic carbocycles. The molecule has 5 heterocycles. The summed E-state index contributed by atoms with van der Waals surface area (Å²) in [4.78, 5) is 21.8. The number of fused-ring (bicyclic) bond motifs is 2. The summed E-state index contributed by atoms with van der Waals surface area (Å²) in [6.45, 7) is 2.76. The predicted molar refractivity (Wildman–Crippen MR) is 123 cm³/mol. The molecule has 2 N–H and O–H groups in total. The Hall–Kier alpha value is -2.18. The van der Waals surface area contributed by atoms with E-state index in [-0.39, 0.29) is 23.0 Å². The molecular formula is C21H24ClF2N7O2S. The monoisotopic (exact) mass is 511 g/mol. The van der Waals surface area contributed by atoms with Gasteiger partial charge in [0.05, 0.1) is 41.7 Å². The topological polar surface area (TPSA) is 107 Å². The highest BCUT2D eigenvalue weighted by molar-refractivity contribution is 7.86. The highest BCUT2D eigenvalue weighted by atomic mass is 35.5. The van der Waals surface area contributed by atoms with Crippen LogP contribution in [0.3, 0.4) is 0 Å². The van der Waals surface area contributed by atoms with Crippen molar-refractivity contribution >= 4 is 40.1 Å². The third kappa shape index (κ3) is 3.61. The van der Waals surface area contributed by atoms with Crippen molar-refractivity contribution in [1.82, 2.24) is 19.9 Å². The molecule has 34 heavy (non-hydrogen) atoms. The standard InChI is InChI=1S/C21H24ClF2N7O2S/c22-14-5-25-18(26-6-14)30-7-12-9-31(10-13(12)8-30)19-27-15-4-21(23,24)34(33)16(15)17(28-19)29-20(11-32)2-1-3-20/h5-6,12-13,32H,1-4,7-11H2,(H,27,28,29)/t12?,13?,34-/m1/s1. The molecule has 1 aliphatic carbocycles. The van der Waals surface area contributed by atoms with E-state index in [1.807, 2.05) is 4.90 Å². The molecule has 2 saturated heterocycles. The number of aliphatic hydroxyl groups is 1. The minimum Gasteiger partial charge on any atom is -0.394 e. The van der Waals surface area contributed by atoms with Crippen LogP contribution in [0.1, 0.15) is 25.0 Å². The van der Waals surface area contributed by atoms with E-state index in [1.54, 1.807) is 12.4 Å². The SMILES string of the molecule is O=[S@@]1c2c(nc(N3CC4CN(c5ncc(Cl)cn5)CC4C3)nc2NC2(CO)CCC2)CC1(F)F. The number of aromatic nitrogens is 4. The van der Waals surface area contributed by atoms with Gasteiger partial charge in [-0.15, -0.1) is 0 Å². The molecule has 1 saturated carbocycles. The fourth-order valence-corrected chi connectivity index (χ4v) is 6.67. The van der Waals surface area contributed by atoms with Crippen LogP contribution < -0.4 is 15.1 Å². The van der Waals surface area contributed by atoms with Crippen LogP contribution >= 0.6 is 11.6 Å². The maximum Gasteiger partial charge on any atom is 0.331 e. The summed E-state index contributed by atoms with van der Waals surface area (Å²) in [5.41, 5.74) is -0.487. The average molecular weight is 512 g/mol. The highest BCUT2D eigenvalue weighted by Crippen LogP contribution is 2.44. The number of alkyl halides is 2. The molecule has 3 fully saturated rings. The van der Waals surface area contributed by atoms with Crippen LogP contribution in [-0.4, -0.2) is 72.8 Å². The average Bonchev–Trinajstić information content (AvgIpc) is 3.41. The van der Waals surface area contributed by atoms with Gasteiger partial charge in [0.1, 0.15) is 21.5 Å². The molecule has 9 nitrogen and oxygen atoms in total. The molecule has 0 bridgehead atoms. The van der Waals surface area contributed by atoms with Gasteiger partial charge in [-0.1, -0.05) is 11.6 Å². The first-order valence-electron chi connectivity index (χ1n) is 11.3. The molecule has 0 amide bonds. The van der Waals surface area contributed by atoms with Crippen LogP contribution in [0.25, 0.3) is 0 Å². The van der Waals surface area contributed by atoms with Crippen molar-refractivity contribution in [2.45, 2.75) is 41.4 Å². The number of halogens is 3. The van der Waals surface area contributed by atoms with Gasteiger partial charge in [0, 0.05) is 38.0 Å². The third-order valence-corrected chi connectivity index (χ3v) is 9.09. The smallest absolute Gasteiger partial charge is 0.331 e. The van der Waals surface area contributed by atoms with E-state index >= 15 is 0 Å². The lowest BCUT2D eigenvalue weighted by Gasteiger charge is -2.41. The first-order chi connectivity index (χ1) is 16.3. The van der Waals surface area contributed by atoms with Gasteiger partial charge in [-0.3, -0.25) is 0 Å². The van der Waals surface area contributed by atoms with E-state index in [4.69, 9.17) is 11.6 Å². The Morgan fingerprint density at radius 2 is 1.71 bits per heavy atom. The lowest BCUT2D eigenvalue weighted by atomic mass is 9.77. The molecule has 2 aromatic rings. The largest absolute Gasteiger partial charge is 0.394 e. The van der Waals surface area contributed by atoms with Gasteiger partial charge in [-0.25, -0.2) is 19.2 Å². The fourth-order valence-electron chi connectivity index (χ4n) is 5.40. The molecule has 0 radical (unpaired) electrons. The van der Waals surface area contributed by atoms with Crippen molar-refractivity contribution in [3.8, 4) is 0 Å². The Morgan fingerprint density at radius 1 is 1.09 bits per heavy atom. The number of hydrogen-bond acceptors (Lipinski definition) is 9. The van der Waals surface area contributed by atoms with Gasteiger partial charge in [-0.05, 0) is 19.3 Å². The Bertz CT molecular complexity index is 1130. The Labute approximate surface area is 202 Å². The first kappa shape index (κ1) is 22.3. The van der Waals surface area contributed by atoms with E-state index in [9.17, 15) is 18.1 Å². The van der Waals surface area contributed by atoms with E-state index in [0.29, 0.717) is 54.7 Å². The Morgan fingerprint density at radius 3 is 2.26 bits per heavy atom. The van der Waals surface area contributed by atoms with E-state index in [1.165, 1.54) is 0 Å². The number of rotatable bonds is 5. The number of anilines is 3. The Kier molecular flexibility index (Phi) is 5.19. The lowest BCUT2D eigenvalue weighted by molar-refractivity contribution is 0.104. The van der Waals surface area contributed by atoms with Crippen molar-refractivity contribution in [3.63, 3.8) is 0 Å². The number of aliphatic hydroxyl groups excluding tert-OH is 1. The second kappa shape index (κ2) is 7.92. The summed E-state index contributed by atoms with van der Waals surface area (Å²) >= 11 is 5.89. The van der Waals surface area contributed by atoms with Crippen LogP contribution in [0.15, 0.2) is 17.3 Å². The molecule has 13 heteroatoms. The second-order valence-electron chi connectivity index (χ2n) is 9.68. The van der Waals surface area contributed by atoms with Gasteiger partial charge < -0.3 is 20.2 Å². The third-order valence-electron chi connectivity index (χ3n) is 7.41. The molecule has 0 spiro atoms. The van der Waals surface area contributed by atoms with E-state index < -0.39 is 28.0 Å². The fraction of sp³-hybridized carbons (Fsp3) is 0.619. The van der Waals surface area contributed by atoms with Gasteiger partial charge in [0.25, 0.3) is 0 Å². The molecule has 6 rings (SSSR count). The molecule has 2 aromatic heterocycles. The van der Waals surface area contributed by atoms with Gasteiger partial charge in [0.2, 0.25) is 11.9 Å². The first-order valence-corrected chi connectivity index (χ1v) is 12.9. The normalized spacial score (nSPS) is 28.5. The molecule has 3 aliphatic heterocycles. The van der Waals surface area contributed by atoms with Gasteiger partial charge in [0.15, 0.2) is 0 Å². The minimum atomic E-state index is -3.38. The lowest BCUT2D eigenvalue weighted by Crippen LogP contribution is -2.48. The molecule has 3 atom stereocenters. The van der Waals surface area contributed by atoms with Crippen LogP contribution in [0.2, 0.25) is 5.02 Å².